The normalized spacial score (nSPS) is 13.5. The number of aryl methyl sites for hydroxylation is 1. The maximum atomic E-state index is 4.79. The maximum absolute atomic E-state index is 4.79. The Bertz CT molecular complexity index is 389. The summed E-state index contributed by atoms with van der Waals surface area (Å²) >= 11 is 0. The van der Waals surface area contributed by atoms with Crippen molar-refractivity contribution in [2.75, 3.05) is 6.54 Å². The molecular weight excluding hydrogens is 234 g/mol. The van der Waals surface area contributed by atoms with Crippen LogP contribution >= 0.6 is 0 Å². The van der Waals surface area contributed by atoms with Gasteiger partial charge in [0.15, 0.2) is 0 Å². The Morgan fingerprint density at radius 2 is 1.68 bits per heavy atom. The van der Waals surface area contributed by atoms with Crippen molar-refractivity contribution in [1.29, 1.82) is 0 Å². The van der Waals surface area contributed by atoms with E-state index in [0.717, 1.165) is 19.4 Å². The Morgan fingerprint density at radius 1 is 1.11 bits per heavy atom. The maximum Gasteiger partial charge on any atom is 0.0631 e. The highest BCUT2D eigenvalue weighted by molar-refractivity contribution is 5.29. The first-order valence-corrected chi connectivity index (χ1v) is 7.71. The van der Waals surface area contributed by atoms with Gasteiger partial charge in [-0.1, -0.05) is 34.6 Å². The van der Waals surface area contributed by atoms with Crippen molar-refractivity contribution >= 4 is 0 Å². The first-order valence-electron chi connectivity index (χ1n) is 7.71. The fourth-order valence-corrected chi connectivity index (χ4v) is 2.89. The minimum atomic E-state index is 0.519. The van der Waals surface area contributed by atoms with Crippen LogP contribution in [0, 0.1) is 13.8 Å². The summed E-state index contributed by atoms with van der Waals surface area (Å²) in [6.45, 7) is 16.6. The molecule has 0 amide bonds. The minimum Gasteiger partial charge on any atom is -0.314 e. The molecule has 0 spiro atoms. The van der Waals surface area contributed by atoms with Gasteiger partial charge in [-0.05, 0) is 32.6 Å². The molecule has 0 radical (unpaired) electrons. The van der Waals surface area contributed by atoms with Gasteiger partial charge in [-0.25, -0.2) is 0 Å². The largest absolute Gasteiger partial charge is 0.314 e. The predicted molar refractivity (Wildman–Crippen MR) is 82.9 cm³/mol. The Labute approximate surface area is 118 Å². The van der Waals surface area contributed by atoms with Crippen molar-refractivity contribution in [1.82, 2.24) is 15.1 Å². The molecule has 1 N–H and O–H groups in total. The van der Waals surface area contributed by atoms with Crippen molar-refractivity contribution in [2.45, 2.75) is 79.3 Å². The standard InChI is InChI=1S/C16H31N3/c1-8-15(9-2)19-14(7)16(13(6)18-19)12(5)10-17-11(3)4/h11-12,15,17H,8-10H2,1-7H3. The summed E-state index contributed by atoms with van der Waals surface area (Å²) in [5.74, 6) is 0.519. The SMILES string of the molecule is CCC(CC)n1nc(C)c(C(C)CNC(C)C)c1C. The number of aromatic nitrogens is 2. The van der Waals surface area contributed by atoms with E-state index in [0.29, 0.717) is 18.0 Å². The highest BCUT2D eigenvalue weighted by Gasteiger charge is 2.20. The molecule has 1 aromatic heterocycles. The van der Waals surface area contributed by atoms with Crippen LogP contribution in [0.1, 0.15) is 76.4 Å². The molecule has 3 heteroatoms. The van der Waals surface area contributed by atoms with E-state index in [-0.39, 0.29) is 0 Å². The van der Waals surface area contributed by atoms with Crippen molar-refractivity contribution in [3.63, 3.8) is 0 Å². The van der Waals surface area contributed by atoms with E-state index in [1.165, 1.54) is 17.0 Å². The zero-order valence-corrected chi connectivity index (χ0v) is 13.7. The van der Waals surface area contributed by atoms with Gasteiger partial charge < -0.3 is 5.32 Å². The van der Waals surface area contributed by atoms with Crippen LogP contribution < -0.4 is 5.32 Å². The van der Waals surface area contributed by atoms with Crippen LogP contribution in [0.5, 0.6) is 0 Å². The van der Waals surface area contributed by atoms with E-state index in [1.54, 1.807) is 0 Å². The number of hydrogen-bond acceptors (Lipinski definition) is 2. The molecule has 1 aromatic rings. The summed E-state index contributed by atoms with van der Waals surface area (Å²) in [6.07, 6.45) is 2.30. The van der Waals surface area contributed by atoms with E-state index < -0.39 is 0 Å². The Hall–Kier alpha value is -0.830. The summed E-state index contributed by atoms with van der Waals surface area (Å²) in [5, 5.41) is 8.32. The second-order valence-electron chi connectivity index (χ2n) is 5.96. The molecule has 1 heterocycles. The van der Waals surface area contributed by atoms with Gasteiger partial charge >= 0.3 is 0 Å². The topological polar surface area (TPSA) is 29.9 Å². The second kappa shape index (κ2) is 7.09. The second-order valence-corrected chi connectivity index (χ2v) is 5.96. The van der Waals surface area contributed by atoms with Gasteiger partial charge in [0.2, 0.25) is 0 Å². The van der Waals surface area contributed by atoms with Crippen molar-refractivity contribution in [3.8, 4) is 0 Å². The zero-order valence-electron chi connectivity index (χ0n) is 13.7. The molecule has 0 aliphatic heterocycles. The van der Waals surface area contributed by atoms with Crippen molar-refractivity contribution in [2.24, 2.45) is 0 Å². The number of nitrogens with zero attached hydrogens (tertiary/aromatic N) is 2. The lowest BCUT2D eigenvalue weighted by Crippen LogP contribution is -2.27. The van der Waals surface area contributed by atoms with Gasteiger partial charge in [0.05, 0.1) is 11.7 Å². The minimum absolute atomic E-state index is 0.519. The molecule has 0 aliphatic rings. The van der Waals surface area contributed by atoms with E-state index in [9.17, 15) is 0 Å². The van der Waals surface area contributed by atoms with E-state index in [4.69, 9.17) is 5.10 Å². The smallest absolute Gasteiger partial charge is 0.0631 e. The predicted octanol–water partition coefficient (Wildman–Crippen LogP) is 3.96. The number of nitrogens with one attached hydrogen (secondary N) is 1. The molecule has 0 saturated heterocycles. The summed E-state index contributed by atoms with van der Waals surface area (Å²) in [7, 11) is 0. The third-order valence-corrected chi connectivity index (χ3v) is 3.99. The Balaban J connectivity index is 2.96. The average molecular weight is 265 g/mol. The van der Waals surface area contributed by atoms with Gasteiger partial charge in [0.1, 0.15) is 0 Å². The van der Waals surface area contributed by atoms with Crippen LogP contribution in [0.2, 0.25) is 0 Å². The molecule has 1 atom stereocenters. The van der Waals surface area contributed by atoms with Gasteiger partial charge in [0, 0.05) is 23.8 Å². The van der Waals surface area contributed by atoms with Gasteiger partial charge in [-0.2, -0.15) is 5.10 Å². The molecule has 0 fully saturated rings. The van der Waals surface area contributed by atoms with Crippen LogP contribution in [-0.2, 0) is 0 Å². The molecule has 19 heavy (non-hydrogen) atoms. The number of hydrogen-bond donors (Lipinski definition) is 1. The van der Waals surface area contributed by atoms with Crippen LogP contribution in [0.25, 0.3) is 0 Å². The van der Waals surface area contributed by atoms with Crippen LogP contribution in [0.3, 0.4) is 0 Å². The highest BCUT2D eigenvalue weighted by Crippen LogP contribution is 2.27. The van der Waals surface area contributed by atoms with Crippen LogP contribution in [-0.4, -0.2) is 22.4 Å². The fourth-order valence-electron chi connectivity index (χ4n) is 2.89. The summed E-state index contributed by atoms with van der Waals surface area (Å²) in [5.41, 5.74) is 3.98. The van der Waals surface area contributed by atoms with Gasteiger partial charge in [0.25, 0.3) is 0 Å². The lowest BCUT2D eigenvalue weighted by molar-refractivity contribution is 0.417. The quantitative estimate of drug-likeness (QED) is 0.808. The van der Waals surface area contributed by atoms with E-state index in [2.05, 4.69) is 58.5 Å². The first-order chi connectivity index (χ1) is 8.92. The van der Waals surface area contributed by atoms with E-state index in [1.807, 2.05) is 0 Å². The fraction of sp³-hybridized carbons (Fsp3) is 0.812. The van der Waals surface area contributed by atoms with E-state index >= 15 is 0 Å². The molecule has 0 aromatic carbocycles. The zero-order chi connectivity index (χ0) is 14.6. The first kappa shape index (κ1) is 16.2. The van der Waals surface area contributed by atoms with Crippen LogP contribution in [0.15, 0.2) is 0 Å². The van der Waals surface area contributed by atoms with Gasteiger partial charge in [-0.15, -0.1) is 0 Å². The van der Waals surface area contributed by atoms with Crippen molar-refractivity contribution < 1.29 is 0 Å². The molecule has 1 unspecified atom stereocenters. The monoisotopic (exact) mass is 265 g/mol. The lowest BCUT2D eigenvalue weighted by Gasteiger charge is -2.18. The molecule has 1 rings (SSSR count). The molecule has 0 bridgehead atoms. The third-order valence-electron chi connectivity index (χ3n) is 3.99. The van der Waals surface area contributed by atoms with Crippen molar-refractivity contribution in [3.05, 3.63) is 17.0 Å². The molecule has 0 saturated carbocycles. The summed E-state index contributed by atoms with van der Waals surface area (Å²) in [4.78, 5) is 0. The summed E-state index contributed by atoms with van der Waals surface area (Å²) < 4.78 is 2.25. The third kappa shape index (κ3) is 3.82. The van der Waals surface area contributed by atoms with Gasteiger partial charge in [-0.3, -0.25) is 4.68 Å². The summed E-state index contributed by atoms with van der Waals surface area (Å²) in [6, 6.07) is 1.08. The molecular formula is C16H31N3. The Kier molecular flexibility index (Phi) is 6.05. The molecule has 110 valence electrons. The highest BCUT2D eigenvalue weighted by atomic mass is 15.3. The Morgan fingerprint density at radius 3 is 2.16 bits per heavy atom. The number of rotatable bonds is 7. The average Bonchev–Trinajstić information content (AvgIpc) is 2.64. The molecule has 3 nitrogen and oxygen atoms in total. The molecule has 0 aliphatic carbocycles. The van der Waals surface area contributed by atoms with Crippen LogP contribution in [0.4, 0.5) is 0 Å². The lowest BCUT2D eigenvalue weighted by atomic mass is 9.98.